The van der Waals surface area contributed by atoms with E-state index in [-0.39, 0.29) is 17.8 Å². The minimum Gasteiger partial charge on any atom is -0.482 e. The highest BCUT2D eigenvalue weighted by atomic mass is 32.2. The summed E-state index contributed by atoms with van der Waals surface area (Å²) in [4.78, 5) is 12.5. The summed E-state index contributed by atoms with van der Waals surface area (Å²) >= 11 is 1.38. The van der Waals surface area contributed by atoms with E-state index >= 15 is 0 Å². The lowest BCUT2D eigenvalue weighted by atomic mass is 10.1. The first-order valence-electron chi connectivity index (χ1n) is 10.2. The second-order valence-corrected chi connectivity index (χ2v) is 7.90. The summed E-state index contributed by atoms with van der Waals surface area (Å²) in [7, 11) is 0. The minimum atomic E-state index is -0.252. The van der Waals surface area contributed by atoms with Crippen LogP contribution in [0.25, 0.3) is 0 Å². The number of amides is 1. The zero-order valence-corrected chi connectivity index (χ0v) is 18.7. The third-order valence-electron chi connectivity index (χ3n) is 4.83. The Morgan fingerprint density at radius 3 is 2.60 bits per heavy atom. The van der Waals surface area contributed by atoms with Gasteiger partial charge in [-0.2, -0.15) is 0 Å². The predicted molar refractivity (Wildman–Crippen MR) is 121 cm³/mol. The average Bonchev–Trinajstić information content (AvgIpc) is 3.17. The lowest BCUT2D eigenvalue weighted by Crippen LogP contribution is -2.16. The number of rotatable bonds is 9. The van der Waals surface area contributed by atoms with Gasteiger partial charge in [-0.3, -0.25) is 4.79 Å². The number of anilines is 1. The summed E-state index contributed by atoms with van der Waals surface area (Å²) in [5.41, 5.74) is 3.06. The average molecular weight is 425 g/mol. The molecule has 1 heterocycles. The summed E-state index contributed by atoms with van der Waals surface area (Å²) in [6.45, 7) is 8.79. The number of aromatic nitrogens is 3. The van der Waals surface area contributed by atoms with Crippen molar-refractivity contribution >= 4 is 23.4 Å². The topological polar surface area (TPSA) is 69.0 Å². The number of thioether (sulfide) groups is 1. The molecule has 1 atom stereocenters. The molecule has 3 rings (SSSR count). The first-order chi connectivity index (χ1) is 14.5. The molecule has 0 saturated heterocycles. The van der Waals surface area contributed by atoms with Gasteiger partial charge in [0.1, 0.15) is 5.75 Å². The van der Waals surface area contributed by atoms with Gasteiger partial charge in [0.25, 0.3) is 0 Å². The van der Waals surface area contributed by atoms with Gasteiger partial charge in [0.15, 0.2) is 17.1 Å². The monoisotopic (exact) mass is 424 g/mol. The summed E-state index contributed by atoms with van der Waals surface area (Å²) < 4.78 is 8.11. The third kappa shape index (κ3) is 5.21. The van der Waals surface area contributed by atoms with Gasteiger partial charge >= 0.3 is 0 Å². The predicted octanol–water partition coefficient (Wildman–Crippen LogP) is 5.04. The molecule has 0 bridgehead atoms. The Balaban J connectivity index is 1.65. The molecule has 6 nitrogen and oxygen atoms in total. The SMILES string of the molecule is CCc1ccccc1NC(=O)CSc1nnc(C(C)Oc2ccccc2C)n1CC. The van der Waals surface area contributed by atoms with E-state index in [4.69, 9.17) is 4.74 Å². The van der Waals surface area contributed by atoms with E-state index in [1.165, 1.54) is 11.8 Å². The number of ether oxygens (including phenoxy) is 1. The molecule has 3 aromatic rings. The van der Waals surface area contributed by atoms with Gasteiger partial charge in [0.2, 0.25) is 5.91 Å². The highest BCUT2D eigenvalue weighted by molar-refractivity contribution is 7.99. The molecule has 0 aliphatic heterocycles. The fraction of sp³-hybridized carbons (Fsp3) is 0.348. The van der Waals surface area contributed by atoms with E-state index in [2.05, 4.69) is 22.4 Å². The number of hydrogen-bond acceptors (Lipinski definition) is 5. The van der Waals surface area contributed by atoms with Crippen LogP contribution < -0.4 is 10.1 Å². The van der Waals surface area contributed by atoms with E-state index in [9.17, 15) is 4.79 Å². The van der Waals surface area contributed by atoms with Crippen LogP contribution >= 0.6 is 11.8 Å². The number of benzene rings is 2. The van der Waals surface area contributed by atoms with Crippen molar-refractivity contribution < 1.29 is 9.53 Å². The van der Waals surface area contributed by atoms with E-state index in [0.717, 1.165) is 34.8 Å². The number of hydrogen-bond donors (Lipinski definition) is 1. The van der Waals surface area contributed by atoms with Gasteiger partial charge in [-0.1, -0.05) is 55.1 Å². The van der Waals surface area contributed by atoms with Crippen LogP contribution in [0, 0.1) is 6.92 Å². The maximum Gasteiger partial charge on any atom is 0.234 e. The second kappa shape index (κ2) is 10.3. The van der Waals surface area contributed by atoms with Crippen molar-refractivity contribution in [1.29, 1.82) is 0 Å². The number of para-hydroxylation sites is 2. The number of carbonyl (C=O) groups excluding carboxylic acids is 1. The van der Waals surface area contributed by atoms with Crippen LogP contribution in [0.1, 0.15) is 43.8 Å². The molecular weight excluding hydrogens is 396 g/mol. The summed E-state index contributed by atoms with van der Waals surface area (Å²) in [6.07, 6.45) is 0.619. The van der Waals surface area contributed by atoms with Gasteiger partial charge in [-0.15, -0.1) is 10.2 Å². The van der Waals surface area contributed by atoms with E-state index < -0.39 is 0 Å². The van der Waals surface area contributed by atoms with E-state index in [1.807, 2.05) is 73.9 Å². The van der Waals surface area contributed by atoms with Crippen molar-refractivity contribution in [1.82, 2.24) is 14.8 Å². The molecule has 2 aromatic carbocycles. The number of aryl methyl sites for hydroxylation is 2. The standard InChI is InChI=1S/C23H28N4O2S/c1-5-18-12-8-9-13-19(18)24-21(28)15-30-23-26-25-22(27(23)6-2)17(4)29-20-14-10-7-11-16(20)3/h7-14,17H,5-6,15H2,1-4H3,(H,24,28). The second-order valence-electron chi connectivity index (χ2n) is 6.96. The summed E-state index contributed by atoms with van der Waals surface area (Å²) in [5.74, 6) is 1.79. The Labute approximate surface area is 182 Å². The normalized spacial score (nSPS) is 11.9. The molecular formula is C23H28N4O2S. The van der Waals surface area contributed by atoms with Crippen molar-refractivity contribution in [3.05, 3.63) is 65.5 Å². The van der Waals surface area contributed by atoms with E-state index in [0.29, 0.717) is 11.7 Å². The van der Waals surface area contributed by atoms with E-state index in [1.54, 1.807) is 0 Å². The molecule has 0 spiro atoms. The molecule has 0 fully saturated rings. The lowest BCUT2D eigenvalue weighted by Gasteiger charge is -2.17. The largest absolute Gasteiger partial charge is 0.482 e. The minimum absolute atomic E-state index is 0.0580. The third-order valence-corrected chi connectivity index (χ3v) is 5.79. The van der Waals surface area contributed by atoms with Crippen molar-refractivity contribution in [2.24, 2.45) is 0 Å². The zero-order valence-electron chi connectivity index (χ0n) is 17.9. The van der Waals surface area contributed by atoms with Crippen LogP contribution in [0.3, 0.4) is 0 Å². The van der Waals surface area contributed by atoms with Crippen LogP contribution in [0.5, 0.6) is 5.75 Å². The van der Waals surface area contributed by atoms with Crippen molar-refractivity contribution in [2.45, 2.75) is 51.9 Å². The molecule has 0 aliphatic rings. The van der Waals surface area contributed by atoms with Crippen LogP contribution in [0.2, 0.25) is 0 Å². The summed E-state index contributed by atoms with van der Waals surface area (Å²) in [5, 5.41) is 12.3. The van der Waals surface area contributed by atoms with Gasteiger partial charge in [-0.25, -0.2) is 0 Å². The van der Waals surface area contributed by atoms with Crippen LogP contribution in [0.15, 0.2) is 53.7 Å². The molecule has 0 radical (unpaired) electrons. The van der Waals surface area contributed by atoms with Crippen molar-refractivity contribution in [3.8, 4) is 5.75 Å². The lowest BCUT2D eigenvalue weighted by molar-refractivity contribution is -0.113. The molecule has 7 heteroatoms. The molecule has 1 amide bonds. The fourth-order valence-electron chi connectivity index (χ4n) is 3.20. The highest BCUT2D eigenvalue weighted by Crippen LogP contribution is 2.26. The van der Waals surface area contributed by atoms with Crippen molar-refractivity contribution in [2.75, 3.05) is 11.1 Å². The van der Waals surface area contributed by atoms with Crippen LogP contribution in [-0.2, 0) is 17.8 Å². The Kier molecular flexibility index (Phi) is 7.52. The van der Waals surface area contributed by atoms with Gasteiger partial charge in [-0.05, 0) is 50.5 Å². The fourth-order valence-corrected chi connectivity index (χ4v) is 4.01. The Morgan fingerprint density at radius 2 is 1.87 bits per heavy atom. The first kappa shape index (κ1) is 21.9. The molecule has 30 heavy (non-hydrogen) atoms. The number of nitrogens with one attached hydrogen (secondary N) is 1. The Bertz CT molecular complexity index is 1000. The highest BCUT2D eigenvalue weighted by Gasteiger charge is 2.20. The Morgan fingerprint density at radius 1 is 1.13 bits per heavy atom. The molecule has 158 valence electrons. The summed E-state index contributed by atoms with van der Waals surface area (Å²) in [6, 6.07) is 15.8. The molecule has 0 saturated carbocycles. The zero-order chi connectivity index (χ0) is 21.5. The Hall–Kier alpha value is -2.80. The quantitative estimate of drug-likeness (QED) is 0.487. The number of carbonyl (C=O) groups is 1. The maximum atomic E-state index is 12.5. The first-order valence-corrected chi connectivity index (χ1v) is 11.2. The smallest absolute Gasteiger partial charge is 0.234 e. The maximum absolute atomic E-state index is 12.5. The van der Waals surface area contributed by atoms with Gasteiger partial charge in [0, 0.05) is 12.2 Å². The molecule has 1 aromatic heterocycles. The van der Waals surface area contributed by atoms with Gasteiger partial charge < -0.3 is 14.6 Å². The van der Waals surface area contributed by atoms with Crippen LogP contribution in [-0.4, -0.2) is 26.4 Å². The van der Waals surface area contributed by atoms with Crippen LogP contribution in [0.4, 0.5) is 5.69 Å². The van der Waals surface area contributed by atoms with Gasteiger partial charge in [0.05, 0.1) is 5.75 Å². The molecule has 0 aliphatic carbocycles. The molecule has 1 unspecified atom stereocenters. The molecule has 1 N–H and O–H groups in total. The number of nitrogens with zero attached hydrogens (tertiary/aromatic N) is 3. The van der Waals surface area contributed by atoms with Crippen molar-refractivity contribution in [3.63, 3.8) is 0 Å².